The van der Waals surface area contributed by atoms with Crippen LogP contribution in [-0.4, -0.2) is 79.7 Å². The molecule has 204 valence electrons. The van der Waals surface area contributed by atoms with Gasteiger partial charge < -0.3 is 25.0 Å². The molecule has 0 heterocycles. The Morgan fingerprint density at radius 3 is 2.00 bits per heavy atom. The minimum atomic E-state index is -0.734. The Bertz CT molecular complexity index is 624. The molecule has 0 aromatic carbocycles. The van der Waals surface area contributed by atoms with Gasteiger partial charge in [-0.1, -0.05) is 32.1 Å². The molecule has 0 saturated carbocycles. The summed E-state index contributed by atoms with van der Waals surface area (Å²) in [7, 11) is 4.17. The lowest BCUT2D eigenvalue weighted by Gasteiger charge is -2.29. The van der Waals surface area contributed by atoms with E-state index < -0.39 is 18.0 Å². The molecule has 0 bridgehead atoms. The first-order valence-electron chi connectivity index (χ1n) is 13.3. The summed E-state index contributed by atoms with van der Waals surface area (Å²) in [5.41, 5.74) is 0. The average Bonchev–Trinajstić information content (AvgIpc) is 2.78. The Morgan fingerprint density at radius 2 is 1.43 bits per heavy atom. The van der Waals surface area contributed by atoms with Crippen molar-refractivity contribution in [1.29, 1.82) is 0 Å². The predicted molar refractivity (Wildman–Crippen MR) is 137 cm³/mol. The maximum absolute atomic E-state index is 12.3. The van der Waals surface area contributed by atoms with Crippen LogP contribution in [0.15, 0.2) is 0 Å². The largest absolute Gasteiger partial charge is 0.481 e. The molecule has 1 unspecified atom stereocenters. The van der Waals surface area contributed by atoms with Crippen LogP contribution in [0.4, 0.5) is 0 Å². The van der Waals surface area contributed by atoms with E-state index in [-0.39, 0.29) is 24.8 Å². The molecular weight excluding hydrogens is 450 g/mol. The molecule has 1 atom stereocenters. The molecule has 0 aliphatic heterocycles. The van der Waals surface area contributed by atoms with E-state index in [0.717, 1.165) is 56.0 Å². The molecule has 0 aromatic heterocycles. The normalized spacial score (nSPS) is 12.1. The molecular formula is C26H50N3O6+. The van der Waals surface area contributed by atoms with Gasteiger partial charge >= 0.3 is 11.9 Å². The maximum Gasteiger partial charge on any atom is 0.328 e. The quantitative estimate of drug-likeness (QED) is 0.119. The number of esters is 1. The highest BCUT2D eigenvalue weighted by Gasteiger charge is 2.21. The Kier molecular flexibility index (Phi) is 18.8. The van der Waals surface area contributed by atoms with E-state index in [4.69, 9.17) is 9.84 Å². The van der Waals surface area contributed by atoms with E-state index in [2.05, 4.69) is 24.7 Å². The van der Waals surface area contributed by atoms with Crippen LogP contribution in [0.2, 0.25) is 0 Å². The van der Waals surface area contributed by atoms with Crippen molar-refractivity contribution in [2.45, 2.75) is 103 Å². The second kappa shape index (κ2) is 20.1. The number of carboxylic acid groups (broad SMARTS) is 1. The summed E-state index contributed by atoms with van der Waals surface area (Å²) in [6.07, 6.45) is 11.3. The lowest BCUT2D eigenvalue weighted by atomic mass is 10.1. The van der Waals surface area contributed by atoms with Crippen LogP contribution in [0.5, 0.6) is 0 Å². The van der Waals surface area contributed by atoms with Crippen molar-refractivity contribution >= 4 is 23.8 Å². The lowest BCUT2D eigenvalue weighted by Crippen LogP contribution is -2.42. The summed E-state index contributed by atoms with van der Waals surface area (Å²) in [6, 6.07) is -0.632. The summed E-state index contributed by atoms with van der Waals surface area (Å²) >= 11 is 0. The van der Waals surface area contributed by atoms with E-state index in [1.165, 1.54) is 19.8 Å². The van der Waals surface area contributed by atoms with Gasteiger partial charge in [0, 0.05) is 19.9 Å². The van der Waals surface area contributed by atoms with Crippen LogP contribution in [0.3, 0.4) is 0 Å². The van der Waals surface area contributed by atoms with Crippen molar-refractivity contribution in [2.24, 2.45) is 0 Å². The zero-order chi connectivity index (χ0) is 26.5. The van der Waals surface area contributed by atoms with Crippen LogP contribution in [0.25, 0.3) is 0 Å². The number of amides is 2. The second-order valence-electron chi connectivity index (χ2n) is 9.96. The van der Waals surface area contributed by atoms with Gasteiger partial charge in [-0.3, -0.25) is 14.4 Å². The van der Waals surface area contributed by atoms with Crippen molar-refractivity contribution in [3.05, 3.63) is 0 Å². The van der Waals surface area contributed by atoms with Gasteiger partial charge in [0.15, 0.2) is 0 Å². The molecule has 0 saturated heterocycles. The van der Waals surface area contributed by atoms with Crippen LogP contribution >= 0.6 is 0 Å². The molecule has 0 aliphatic carbocycles. The van der Waals surface area contributed by atoms with Crippen molar-refractivity contribution in [1.82, 2.24) is 10.6 Å². The molecule has 9 nitrogen and oxygen atoms in total. The van der Waals surface area contributed by atoms with Gasteiger partial charge in [0.05, 0.1) is 40.2 Å². The van der Waals surface area contributed by atoms with E-state index in [9.17, 15) is 19.2 Å². The number of nitrogens with zero attached hydrogens (tertiary/aromatic N) is 1. The van der Waals surface area contributed by atoms with E-state index in [0.29, 0.717) is 32.4 Å². The number of hydrogen-bond acceptors (Lipinski definition) is 5. The number of ether oxygens (including phenoxy) is 1. The number of hydrogen-bond donors (Lipinski definition) is 3. The molecule has 0 fully saturated rings. The Hall–Kier alpha value is -2.16. The van der Waals surface area contributed by atoms with Crippen LogP contribution in [-0.2, 0) is 23.9 Å². The smallest absolute Gasteiger partial charge is 0.328 e. The van der Waals surface area contributed by atoms with Gasteiger partial charge in [-0.15, -0.1) is 0 Å². The third-order valence-electron chi connectivity index (χ3n) is 6.05. The molecule has 0 rings (SSSR count). The first kappa shape index (κ1) is 32.8. The summed E-state index contributed by atoms with van der Waals surface area (Å²) in [5.74, 6) is -1.32. The van der Waals surface area contributed by atoms with Crippen molar-refractivity contribution in [2.75, 3.05) is 40.3 Å². The van der Waals surface area contributed by atoms with Crippen LogP contribution < -0.4 is 10.6 Å². The van der Waals surface area contributed by atoms with Crippen LogP contribution in [0, 0.1) is 0 Å². The molecule has 0 aromatic rings. The predicted octanol–water partition coefficient (Wildman–Crippen LogP) is 3.40. The Morgan fingerprint density at radius 1 is 0.829 bits per heavy atom. The fraction of sp³-hybridized carbons (Fsp3) is 0.846. The highest BCUT2D eigenvalue weighted by atomic mass is 16.5. The first-order valence-corrected chi connectivity index (χ1v) is 13.3. The van der Waals surface area contributed by atoms with Gasteiger partial charge in [-0.05, 0) is 45.4 Å². The summed E-state index contributed by atoms with van der Waals surface area (Å²) in [4.78, 5) is 46.1. The van der Waals surface area contributed by atoms with E-state index >= 15 is 0 Å². The number of carbonyl (C=O) groups excluding carboxylic acids is 3. The second-order valence-corrected chi connectivity index (χ2v) is 9.96. The third kappa shape index (κ3) is 20.9. The number of rotatable bonds is 22. The topological polar surface area (TPSA) is 122 Å². The maximum atomic E-state index is 12.3. The number of nitrogens with one attached hydrogen (secondary N) is 2. The SMILES string of the molecule is CCOC(=O)C(CCCCNC(C)=O)NC(=O)CCCCCCCCCC[N+](C)(C)CCC(=O)O. The Balaban J connectivity index is 3.90. The van der Waals surface area contributed by atoms with E-state index in [1.807, 2.05) is 0 Å². The highest BCUT2D eigenvalue weighted by molar-refractivity contribution is 5.84. The molecule has 0 spiro atoms. The molecule has 0 radical (unpaired) electrons. The Labute approximate surface area is 211 Å². The molecule has 35 heavy (non-hydrogen) atoms. The van der Waals surface area contributed by atoms with Crippen molar-refractivity contribution in [3.63, 3.8) is 0 Å². The molecule has 3 N–H and O–H groups in total. The summed E-state index contributed by atoms with van der Waals surface area (Å²) < 4.78 is 5.84. The summed E-state index contributed by atoms with van der Waals surface area (Å²) in [5, 5.41) is 14.4. The average molecular weight is 501 g/mol. The fourth-order valence-electron chi connectivity index (χ4n) is 3.89. The minimum absolute atomic E-state index is 0.0754. The zero-order valence-electron chi connectivity index (χ0n) is 22.5. The fourth-order valence-corrected chi connectivity index (χ4v) is 3.89. The van der Waals surface area contributed by atoms with E-state index in [1.54, 1.807) is 6.92 Å². The number of unbranched alkanes of at least 4 members (excludes halogenated alkanes) is 8. The lowest BCUT2D eigenvalue weighted by molar-refractivity contribution is -0.890. The standard InChI is InChI=1S/C26H49N3O6/c1-5-35-26(34)23(16-13-14-19-27-22(2)30)28-24(31)17-12-10-8-6-7-9-11-15-20-29(3,4)21-18-25(32)33/h23H,5-21H2,1-4H3,(H2-,27,28,30,31,32,33)/p+1. The van der Waals surface area contributed by atoms with Gasteiger partial charge in [0.25, 0.3) is 0 Å². The molecule has 9 heteroatoms. The third-order valence-corrected chi connectivity index (χ3v) is 6.05. The monoisotopic (exact) mass is 500 g/mol. The highest BCUT2D eigenvalue weighted by Crippen LogP contribution is 2.12. The molecule has 0 aliphatic rings. The number of quaternary nitrogens is 1. The van der Waals surface area contributed by atoms with Gasteiger partial charge in [-0.25, -0.2) is 4.79 Å². The van der Waals surface area contributed by atoms with Gasteiger partial charge in [-0.2, -0.15) is 0 Å². The zero-order valence-corrected chi connectivity index (χ0v) is 22.5. The summed E-state index contributed by atoms with van der Waals surface area (Å²) in [6.45, 7) is 5.72. The van der Waals surface area contributed by atoms with Crippen molar-refractivity contribution in [3.8, 4) is 0 Å². The minimum Gasteiger partial charge on any atom is -0.481 e. The van der Waals surface area contributed by atoms with Gasteiger partial charge in [0.1, 0.15) is 6.04 Å². The number of carbonyl (C=O) groups is 4. The van der Waals surface area contributed by atoms with Crippen molar-refractivity contribution < 1.29 is 33.5 Å². The first-order chi connectivity index (χ1) is 16.6. The number of carboxylic acids is 1. The number of aliphatic carboxylic acids is 1. The molecule has 2 amide bonds. The van der Waals surface area contributed by atoms with Gasteiger partial charge in [0.2, 0.25) is 11.8 Å². The van der Waals surface area contributed by atoms with Crippen LogP contribution in [0.1, 0.15) is 97.3 Å².